The molecule has 6 N–H and O–H groups in total. The number of nitrogens with zero attached hydrogens (tertiary/aromatic N) is 3. The molecule has 0 bridgehead atoms. The highest BCUT2D eigenvalue weighted by molar-refractivity contribution is 8.03. The Morgan fingerprint density at radius 3 is 2.73 bits per heavy atom. The van der Waals surface area contributed by atoms with Gasteiger partial charge in [-0.2, -0.15) is 5.26 Å². The first-order valence-corrected chi connectivity index (χ1v) is 9.33. The molecule has 4 atom stereocenters. The monoisotopic (exact) mass is 381 g/mol. The number of carbonyl (C=O) groups excluding carboxylic acids is 1. The number of thioether (sulfide) groups is 1. The first-order chi connectivity index (χ1) is 12.3. The molecule has 9 nitrogen and oxygen atoms in total. The SMILES string of the molecule is C[C@@H](O)[C@H]1C(=O)N2C(C(=O)O)=C(SCCC#N)[C@H](CCCN=C(N)N)[C@H]12. The van der Waals surface area contributed by atoms with Gasteiger partial charge in [0.25, 0.3) is 0 Å². The van der Waals surface area contributed by atoms with Crippen LogP contribution in [0.2, 0.25) is 0 Å². The maximum absolute atomic E-state index is 12.4. The molecule has 2 heterocycles. The van der Waals surface area contributed by atoms with Gasteiger partial charge in [0.1, 0.15) is 5.70 Å². The Morgan fingerprint density at radius 2 is 2.19 bits per heavy atom. The van der Waals surface area contributed by atoms with Crippen LogP contribution in [0.15, 0.2) is 15.6 Å². The largest absolute Gasteiger partial charge is 0.477 e. The summed E-state index contributed by atoms with van der Waals surface area (Å²) in [6.45, 7) is 1.94. The van der Waals surface area contributed by atoms with Crippen molar-refractivity contribution in [2.45, 2.75) is 38.3 Å². The lowest BCUT2D eigenvalue weighted by molar-refractivity contribution is -0.163. The summed E-state index contributed by atoms with van der Waals surface area (Å²) >= 11 is 1.30. The van der Waals surface area contributed by atoms with E-state index in [0.717, 1.165) is 0 Å². The Kier molecular flexibility index (Phi) is 6.50. The molecule has 0 aromatic heterocycles. The number of carboxylic acid groups (broad SMARTS) is 1. The zero-order valence-electron chi connectivity index (χ0n) is 14.5. The molecule has 0 unspecified atom stereocenters. The fourth-order valence-corrected chi connectivity index (χ4v) is 4.78. The number of hydrogen-bond acceptors (Lipinski definition) is 6. The van der Waals surface area contributed by atoms with Gasteiger partial charge in [0.2, 0.25) is 5.91 Å². The van der Waals surface area contributed by atoms with Gasteiger partial charge < -0.3 is 26.6 Å². The van der Waals surface area contributed by atoms with E-state index in [-0.39, 0.29) is 35.9 Å². The molecule has 0 aromatic rings. The second-order valence-electron chi connectivity index (χ2n) is 6.30. The van der Waals surface area contributed by atoms with Gasteiger partial charge >= 0.3 is 5.97 Å². The number of hydrogen-bond donors (Lipinski definition) is 4. The van der Waals surface area contributed by atoms with Gasteiger partial charge in [-0.05, 0) is 19.8 Å². The lowest BCUT2D eigenvalue weighted by atomic mass is 9.77. The molecule has 2 rings (SSSR count). The summed E-state index contributed by atoms with van der Waals surface area (Å²) in [5.41, 5.74) is 10.6. The van der Waals surface area contributed by atoms with Crippen LogP contribution in [-0.2, 0) is 9.59 Å². The third-order valence-electron chi connectivity index (χ3n) is 4.57. The Bertz CT molecular complexity index is 681. The maximum atomic E-state index is 12.4. The molecule has 1 saturated heterocycles. The Hall–Kier alpha value is -2.25. The summed E-state index contributed by atoms with van der Waals surface area (Å²) in [7, 11) is 0. The van der Waals surface area contributed by atoms with Crippen molar-refractivity contribution in [1.82, 2.24) is 4.90 Å². The zero-order chi connectivity index (χ0) is 19.4. The predicted octanol–water partition coefficient (Wildman–Crippen LogP) is -0.179. The first kappa shape index (κ1) is 20.1. The minimum Gasteiger partial charge on any atom is -0.477 e. The molecule has 2 aliphatic rings. The van der Waals surface area contributed by atoms with Crippen molar-refractivity contribution in [3.05, 3.63) is 10.6 Å². The van der Waals surface area contributed by atoms with E-state index in [9.17, 15) is 19.8 Å². The number of amides is 1. The van der Waals surface area contributed by atoms with E-state index in [0.29, 0.717) is 30.0 Å². The number of aliphatic hydroxyl groups is 1. The third kappa shape index (κ3) is 3.78. The van der Waals surface area contributed by atoms with Gasteiger partial charge in [-0.25, -0.2) is 4.79 Å². The van der Waals surface area contributed by atoms with E-state index in [2.05, 4.69) is 4.99 Å². The number of aliphatic imine (C=N–C) groups is 1. The van der Waals surface area contributed by atoms with E-state index in [4.69, 9.17) is 16.7 Å². The van der Waals surface area contributed by atoms with Crippen LogP contribution in [-0.4, -0.2) is 57.4 Å². The van der Waals surface area contributed by atoms with Gasteiger partial charge in [0.15, 0.2) is 5.96 Å². The number of nitriles is 1. The molecule has 0 radical (unpaired) electrons. The van der Waals surface area contributed by atoms with Gasteiger partial charge in [-0.3, -0.25) is 9.79 Å². The van der Waals surface area contributed by atoms with Crippen molar-refractivity contribution in [3.63, 3.8) is 0 Å². The number of carboxylic acids is 1. The van der Waals surface area contributed by atoms with Gasteiger partial charge in [0.05, 0.1) is 24.1 Å². The Balaban J connectivity index is 2.27. The topological polar surface area (TPSA) is 166 Å². The van der Waals surface area contributed by atoms with Crippen molar-refractivity contribution in [2.75, 3.05) is 12.3 Å². The number of aliphatic carboxylic acids is 1. The molecule has 1 fully saturated rings. The molecule has 10 heteroatoms. The van der Waals surface area contributed by atoms with Crippen molar-refractivity contribution in [2.24, 2.45) is 28.3 Å². The summed E-state index contributed by atoms with van der Waals surface area (Å²) in [6, 6.07) is 1.65. The molecule has 0 spiro atoms. The lowest BCUT2D eigenvalue weighted by Crippen LogP contribution is -2.63. The summed E-state index contributed by atoms with van der Waals surface area (Å²) in [4.78, 5) is 30.0. The summed E-state index contributed by atoms with van der Waals surface area (Å²) in [6.07, 6.45) is 0.617. The third-order valence-corrected chi connectivity index (χ3v) is 5.79. The average Bonchev–Trinajstić information content (AvgIpc) is 2.81. The molecule has 2 aliphatic heterocycles. The number of carbonyl (C=O) groups is 2. The van der Waals surface area contributed by atoms with Gasteiger partial charge in [-0.15, -0.1) is 11.8 Å². The van der Waals surface area contributed by atoms with Crippen LogP contribution in [0.25, 0.3) is 0 Å². The number of aliphatic hydroxyl groups excluding tert-OH is 1. The predicted molar refractivity (Wildman–Crippen MR) is 96.6 cm³/mol. The first-order valence-electron chi connectivity index (χ1n) is 8.35. The summed E-state index contributed by atoms with van der Waals surface area (Å²) < 4.78 is 0. The molecule has 26 heavy (non-hydrogen) atoms. The molecule has 142 valence electrons. The maximum Gasteiger partial charge on any atom is 0.353 e. The highest BCUT2D eigenvalue weighted by Crippen LogP contribution is 2.52. The van der Waals surface area contributed by atoms with E-state index < -0.39 is 18.0 Å². The normalized spacial score (nSPS) is 25.3. The number of rotatable bonds is 9. The minimum absolute atomic E-state index is 0.0101. The smallest absolute Gasteiger partial charge is 0.353 e. The van der Waals surface area contributed by atoms with Crippen LogP contribution >= 0.6 is 11.8 Å². The highest BCUT2D eigenvalue weighted by atomic mass is 32.2. The number of fused-ring (bicyclic) bond motifs is 1. The molecule has 0 aromatic carbocycles. The van der Waals surface area contributed by atoms with Crippen LogP contribution in [0.3, 0.4) is 0 Å². The number of β-lactam (4-membered cyclic amide) rings is 1. The average molecular weight is 381 g/mol. The Labute approximate surface area is 155 Å². The fraction of sp³-hybridized carbons (Fsp3) is 0.625. The molecule has 0 saturated carbocycles. The van der Waals surface area contributed by atoms with E-state index in [1.54, 1.807) is 0 Å². The molecule has 1 amide bonds. The van der Waals surface area contributed by atoms with Gasteiger partial charge in [0, 0.05) is 29.5 Å². The fourth-order valence-electron chi connectivity index (χ4n) is 3.57. The summed E-state index contributed by atoms with van der Waals surface area (Å²) in [5, 5.41) is 28.3. The van der Waals surface area contributed by atoms with Crippen molar-refractivity contribution >= 4 is 29.6 Å². The second-order valence-corrected chi connectivity index (χ2v) is 7.43. The van der Waals surface area contributed by atoms with Gasteiger partial charge in [-0.1, -0.05) is 0 Å². The molecular weight excluding hydrogens is 358 g/mol. The number of nitrogens with two attached hydrogens (primary N) is 2. The van der Waals surface area contributed by atoms with E-state index in [1.165, 1.54) is 23.6 Å². The van der Waals surface area contributed by atoms with Crippen molar-refractivity contribution in [3.8, 4) is 6.07 Å². The lowest BCUT2D eigenvalue weighted by Gasteiger charge is -2.47. The summed E-state index contributed by atoms with van der Waals surface area (Å²) in [5.74, 6) is -1.93. The van der Waals surface area contributed by atoms with Crippen LogP contribution in [0, 0.1) is 23.2 Å². The van der Waals surface area contributed by atoms with Crippen LogP contribution in [0.4, 0.5) is 0 Å². The molecule has 0 aliphatic carbocycles. The second kappa shape index (κ2) is 8.42. The van der Waals surface area contributed by atoms with Crippen molar-refractivity contribution < 1.29 is 19.8 Å². The van der Waals surface area contributed by atoms with E-state index in [1.807, 2.05) is 6.07 Å². The minimum atomic E-state index is -1.17. The highest BCUT2D eigenvalue weighted by Gasteiger charge is 2.60. The van der Waals surface area contributed by atoms with E-state index >= 15 is 0 Å². The zero-order valence-corrected chi connectivity index (χ0v) is 15.3. The van der Waals surface area contributed by atoms with Crippen LogP contribution in [0.5, 0.6) is 0 Å². The Morgan fingerprint density at radius 1 is 1.50 bits per heavy atom. The van der Waals surface area contributed by atoms with Crippen LogP contribution in [0.1, 0.15) is 26.2 Å². The standard InChI is InChI=1S/C16H23N5O4S/c1-8(22)10-11-9(4-2-6-20-16(18)19)13(26-7-3-5-17)12(15(24)25)21(11)14(10)23/h8-11,22H,2-4,6-7H2,1H3,(H,24,25)(H4,18,19,20)/t8-,9-,10-,11-/m1/s1. The van der Waals surface area contributed by atoms with Crippen molar-refractivity contribution in [1.29, 1.82) is 5.26 Å². The molecular formula is C16H23N5O4S. The quantitative estimate of drug-likeness (QED) is 0.185. The van der Waals surface area contributed by atoms with Crippen LogP contribution < -0.4 is 11.5 Å². The number of guanidine groups is 1.